The first-order chi connectivity index (χ1) is 4.48. The Labute approximate surface area is 61.0 Å². The fourth-order valence-corrected chi connectivity index (χ4v) is 0.322. The van der Waals surface area contributed by atoms with Crippen molar-refractivity contribution >= 4 is 5.97 Å². The van der Waals surface area contributed by atoms with Gasteiger partial charge in [0.05, 0.1) is 13.2 Å². The van der Waals surface area contributed by atoms with Gasteiger partial charge < -0.3 is 9.84 Å². The van der Waals surface area contributed by atoms with Crippen molar-refractivity contribution in [2.45, 2.75) is 13.8 Å². The van der Waals surface area contributed by atoms with Gasteiger partial charge in [-0.1, -0.05) is 6.92 Å². The summed E-state index contributed by atoms with van der Waals surface area (Å²) < 4.78 is 4.64. The molecule has 0 aromatic rings. The van der Waals surface area contributed by atoms with E-state index in [2.05, 4.69) is 11.7 Å². The van der Waals surface area contributed by atoms with Crippen LogP contribution in [-0.4, -0.2) is 24.3 Å². The van der Waals surface area contributed by atoms with Gasteiger partial charge in [0.2, 0.25) is 0 Å². The quantitative estimate of drug-likeness (QED) is 0.584. The highest BCUT2D eigenvalue weighted by Gasteiger charge is 2.17. The second-order valence-corrected chi connectivity index (χ2v) is 2.75. The van der Waals surface area contributed by atoms with Crippen LogP contribution in [0.2, 0.25) is 0 Å². The molecule has 3 heteroatoms. The maximum Gasteiger partial charge on any atom is 0.302 e. The molecule has 0 heterocycles. The molecule has 0 amide bonds. The SMILES string of the molecule is [CH2]C(C)(CO)COC(C)=O. The van der Waals surface area contributed by atoms with Crippen molar-refractivity contribution in [3.8, 4) is 0 Å². The van der Waals surface area contributed by atoms with Crippen molar-refractivity contribution in [1.82, 2.24) is 0 Å². The van der Waals surface area contributed by atoms with Crippen LogP contribution in [0.5, 0.6) is 0 Å². The van der Waals surface area contributed by atoms with E-state index in [0.717, 1.165) is 0 Å². The van der Waals surface area contributed by atoms with Crippen LogP contribution in [0.1, 0.15) is 13.8 Å². The molecule has 0 saturated carbocycles. The number of hydrogen-bond donors (Lipinski definition) is 1. The van der Waals surface area contributed by atoms with E-state index >= 15 is 0 Å². The second kappa shape index (κ2) is 3.56. The average molecular weight is 145 g/mol. The predicted octanol–water partition coefficient (Wildman–Crippen LogP) is 0.382. The van der Waals surface area contributed by atoms with E-state index in [1.54, 1.807) is 6.92 Å². The largest absolute Gasteiger partial charge is 0.465 e. The smallest absolute Gasteiger partial charge is 0.302 e. The van der Waals surface area contributed by atoms with Gasteiger partial charge in [-0.15, -0.1) is 0 Å². The molecule has 0 aromatic carbocycles. The predicted molar refractivity (Wildman–Crippen MR) is 37.2 cm³/mol. The van der Waals surface area contributed by atoms with E-state index in [0.29, 0.717) is 0 Å². The lowest BCUT2D eigenvalue weighted by atomic mass is 9.97. The third kappa shape index (κ3) is 4.32. The summed E-state index contributed by atoms with van der Waals surface area (Å²) in [6, 6.07) is 0. The molecule has 0 fully saturated rings. The lowest BCUT2D eigenvalue weighted by molar-refractivity contribution is -0.144. The van der Waals surface area contributed by atoms with Gasteiger partial charge >= 0.3 is 5.97 Å². The van der Waals surface area contributed by atoms with Crippen molar-refractivity contribution < 1.29 is 14.6 Å². The van der Waals surface area contributed by atoms with Gasteiger partial charge in [-0.3, -0.25) is 4.79 Å². The van der Waals surface area contributed by atoms with Crippen LogP contribution in [0.15, 0.2) is 0 Å². The van der Waals surface area contributed by atoms with Crippen LogP contribution in [0.4, 0.5) is 0 Å². The van der Waals surface area contributed by atoms with Crippen molar-refractivity contribution in [3.63, 3.8) is 0 Å². The van der Waals surface area contributed by atoms with Gasteiger partial charge in [0.15, 0.2) is 0 Å². The van der Waals surface area contributed by atoms with Crippen LogP contribution in [-0.2, 0) is 9.53 Å². The van der Waals surface area contributed by atoms with Gasteiger partial charge in [0, 0.05) is 12.3 Å². The first-order valence-corrected chi connectivity index (χ1v) is 3.07. The maximum atomic E-state index is 10.3. The second-order valence-electron chi connectivity index (χ2n) is 2.75. The first kappa shape index (κ1) is 9.43. The highest BCUT2D eigenvalue weighted by Crippen LogP contribution is 2.12. The van der Waals surface area contributed by atoms with Gasteiger partial charge in [0.25, 0.3) is 0 Å². The molecule has 1 N–H and O–H groups in total. The summed E-state index contributed by atoms with van der Waals surface area (Å²) in [6.07, 6.45) is 0. The number of rotatable bonds is 3. The number of carbonyl (C=O) groups excluding carboxylic acids is 1. The average Bonchev–Trinajstić information content (AvgIpc) is 1.85. The molecule has 1 atom stereocenters. The van der Waals surface area contributed by atoms with Gasteiger partial charge in [-0.2, -0.15) is 0 Å². The van der Waals surface area contributed by atoms with E-state index in [1.165, 1.54) is 6.92 Å². The highest BCUT2D eigenvalue weighted by molar-refractivity contribution is 5.65. The Bertz CT molecular complexity index is 118. The molecule has 0 spiro atoms. The topological polar surface area (TPSA) is 46.5 Å². The summed E-state index contributed by atoms with van der Waals surface area (Å²) in [4.78, 5) is 10.3. The number of aliphatic hydroxyl groups excluding tert-OH is 1. The summed E-state index contributed by atoms with van der Waals surface area (Å²) in [6.45, 7) is 6.76. The number of ether oxygens (including phenoxy) is 1. The Morgan fingerprint density at radius 3 is 2.60 bits per heavy atom. The zero-order valence-corrected chi connectivity index (χ0v) is 6.39. The Hall–Kier alpha value is -0.570. The molecule has 0 saturated heterocycles. The number of esters is 1. The molecule has 0 rings (SSSR count). The summed E-state index contributed by atoms with van der Waals surface area (Å²) >= 11 is 0. The Kier molecular flexibility index (Phi) is 3.36. The van der Waals surface area contributed by atoms with Gasteiger partial charge in [0.1, 0.15) is 0 Å². The van der Waals surface area contributed by atoms with Crippen LogP contribution in [0, 0.1) is 12.3 Å². The zero-order chi connectivity index (χ0) is 8.20. The summed E-state index contributed by atoms with van der Waals surface area (Å²) in [5.74, 6) is -0.344. The van der Waals surface area contributed by atoms with Crippen molar-refractivity contribution in [2.75, 3.05) is 13.2 Å². The minimum atomic E-state index is -0.564. The third-order valence-corrected chi connectivity index (χ3v) is 1.01. The summed E-state index contributed by atoms with van der Waals surface area (Å²) in [5.41, 5.74) is -0.564. The third-order valence-electron chi connectivity index (χ3n) is 1.01. The molecule has 0 aromatic heterocycles. The zero-order valence-electron chi connectivity index (χ0n) is 6.39. The lowest BCUT2D eigenvalue weighted by Crippen LogP contribution is -2.25. The molecule has 0 aliphatic carbocycles. The number of hydrogen-bond acceptors (Lipinski definition) is 3. The van der Waals surface area contributed by atoms with E-state index in [1.807, 2.05) is 0 Å². The van der Waals surface area contributed by atoms with Crippen LogP contribution in [0.25, 0.3) is 0 Å². The van der Waals surface area contributed by atoms with Crippen molar-refractivity contribution in [3.05, 3.63) is 6.92 Å². The summed E-state index contributed by atoms with van der Waals surface area (Å²) in [7, 11) is 0. The molecular weight excluding hydrogens is 132 g/mol. The molecule has 59 valence electrons. The van der Waals surface area contributed by atoms with E-state index in [9.17, 15) is 4.79 Å². The Morgan fingerprint density at radius 2 is 2.30 bits per heavy atom. The van der Waals surface area contributed by atoms with E-state index < -0.39 is 5.41 Å². The summed E-state index contributed by atoms with van der Waals surface area (Å²) in [5, 5.41) is 8.65. The lowest BCUT2D eigenvalue weighted by Gasteiger charge is -2.19. The first-order valence-electron chi connectivity index (χ1n) is 3.07. The molecule has 1 unspecified atom stereocenters. The van der Waals surface area contributed by atoms with Crippen LogP contribution >= 0.6 is 0 Å². The minimum Gasteiger partial charge on any atom is -0.465 e. The number of carbonyl (C=O) groups is 1. The normalized spacial score (nSPS) is 11.2. The highest BCUT2D eigenvalue weighted by atomic mass is 16.5. The van der Waals surface area contributed by atoms with E-state index in [-0.39, 0.29) is 19.2 Å². The van der Waals surface area contributed by atoms with E-state index in [4.69, 9.17) is 5.11 Å². The monoisotopic (exact) mass is 145 g/mol. The number of aliphatic hydroxyl groups is 1. The van der Waals surface area contributed by atoms with Crippen LogP contribution < -0.4 is 0 Å². The molecule has 0 aliphatic heterocycles. The van der Waals surface area contributed by atoms with Crippen molar-refractivity contribution in [1.29, 1.82) is 0 Å². The van der Waals surface area contributed by atoms with Crippen LogP contribution in [0.3, 0.4) is 0 Å². The molecule has 10 heavy (non-hydrogen) atoms. The minimum absolute atomic E-state index is 0.0831. The van der Waals surface area contributed by atoms with Gasteiger partial charge in [-0.25, -0.2) is 0 Å². The molecule has 0 aliphatic rings. The molecular formula is C7H13O3. The van der Waals surface area contributed by atoms with Gasteiger partial charge in [-0.05, 0) is 6.92 Å². The fourth-order valence-electron chi connectivity index (χ4n) is 0.322. The Morgan fingerprint density at radius 1 is 1.80 bits per heavy atom. The fraction of sp³-hybridized carbons (Fsp3) is 0.714. The molecule has 3 nitrogen and oxygen atoms in total. The van der Waals surface area contributed by atoms with Crippen molar-refractivity contribution in [2.24, 2.45) is 5.41 Å². The Balaban J connectivity index is 3.56. The maximum absolute atomic E-state index is 10.3. The molecule has 0 bridgehead atoms. The molecule has 1 radical (unpaired) electrons. The standard InChI is InChI=1S/C7H13O3/c1-6(9)10-5-7(2,3)4-8/h8H,2,4-5H2,1,3H3.